The lowest BCUT2D eigenvalue weighted by Gasteiger charge is -2.22. The molecule has 6 rings (SSSR count). The van der Waals surface area contributed by atoms with E-state index in [1.807, 2.05) is 24.3 Å². The van der Waals surface area contributed by atoms with Crippen LogP contribution in [0.5, 0.6) is 5.75 Å². The van der Waals surface area contributed by atoms with E-state index in [-0.39, 0.29) is 11.6 Å². The predicted molar refractivity (Wildman–Crippen MR) is 204 cm³/mol. The molecule has 0 saturated carbocycles. The van der Waals surface area contributed by atoms with Crippen molar-refractivity contribution in [2.24, 2.45) is 0 Å². The summed E-state index contributed by atoms with van der Waals surface area (Å²) in [5, 5.41) is 0. The lowest BCUT2D eigenvalue weighted by atomic mass is 9.84. The first-order valence-corrected chi connectivity index (χ1v) is 19.2. The van der Waals surface area contributed by atoms with Crippen LogP contribution in [0.25, 0.3) is 11.1 Å². The average Bonchev–Trinajstić information content (AvgIpc) is 3.11. The molecular weight excluding hydrogens is 641 g/mol. The van der Waals surface area contributed by atoms with Crippen molar-refractivity contribution in [3.63, 3.8) is 0 Å². The highest BCUT2D eigenvalue weighted by atomic mass is 32.2. The Bertz CT molecular complexity index is 1940. The van der Waals surface area contributed by atoms with E-state index < -0.39 is 0 Å². The first kappa shape index (κ1) is 34.8. The number of fused-ring (bicyclic) bond motifs is 2. The molecule has 5 aromatic rings. The van der Waals surface area contributed by atoms with E-state index in [4.69, 9.17) is 4.74 Å². The van der Waals surface area contributed by atoms with E-state index >= 15 is 0 Å². The smallest absolute Gasteiger partial charge is 0.195 e. The minimum Gasteiger partial charge on any atom is -0.493 e. The van der Waals surface area contributed by atoms with E-state index in [0.717, 1.165) is 73.5 Å². The number of carbonyl (C=O) groups excluding carboxylic acids is 2. The quantitative estimate of drug-likeness (QED) is 0.107. The Labute approximate surface area is 299 Å². The maximum Gasteiger partial charge on any atom is 0.195 e. The second kappa shape index (κ2) is 16.1. The zero-order chi connectivity index (χ0) is 34.3. The molecule has 250 valence electrons. The second-order valence-corrected chi connectivity index (χ2v) is 15.1. The van der Waals surface area contributed by atoms with E-state index in [0.29, 0.717) is 22.3 Å². The van der Waals surface area contributed by atoms with Crippen LogP contribution in [0.15, 0.2) is 117 Å². The number of ketones is 2. The molecule has 0 aromatic heterocycles. The molecule has 0 unspecified atom stereocenters. The number of hydrogen-bond acceptors (Lipinski definition) is 5. The zero-order valence-electron chi connectivity index (χ0n) is 28.9. The third-order valence-corrected chi connectivity index (χ3v) is 11.2. The van der Waals surface area contributed by atoms with Crippen molar-refractivity contribution in [1.82, 2.24) is 0 Å². The summed E-state index contributed by atoms with van der Waals surface area (Å²) < 4.78 is 6.07. The number of aryl methyl sites for hydroxylation is 3. The van der Waals surface area contributed by atoms with E-state index in [2.05, 4.69) is 88.4 Å². The molecule has 0 atom stereocenters. The van der Waals surface area contributed by atoms with Crippen molar-refractivity contribution in [2.75, 3.05) is 6.61 Å². The van der Waals surface area contributed by atoms with Gasteiger partial charge < -0.3 is 4.74 Å². The highest BCUT2D eigenvalue weighted by Crippen LogP contribution is 2.42. The van der Waals surface area contributed by atoms with Gasteiger partial charge in [0.05, 0.1) is 6.61 Å². The molecule has 0 fully saturated rings. The minimum atomic E-state index is -0.0959. The molecule has 0 saturated heterocycles. The van der Waals surface area contributed by atoms with Crippen LogP contribution in [0, 0.1) is 13.8 Å². The summed E-state index contributed by atoms with van der Waals surface area (Å²) in [5.41, 5.74) is 7.83. The third-order valence-electron chi connectivity index (χ3n) is 9.09. The van der Waals surface area contributed by atoms with Gasteiger partial charge in [0, 0.05) is 41.8 Å². The topological polar surface area (TPSA) is 43.4 Å². The van der Waals surface area contributed by atoms with Crippen molar-refractivity contribution < 1.29 is 14.3 Å². The molecule has 1 aliphatic carbocycles. The number of rotatable bonds is 14. The van der Waals surface area contributed by atoms with Crippen molar-refractivity contribution in [1.29, 1.82) is 0 Å². The average molecular weight is 685 g/mol. The standard InChI is InChI=1S/C44H44O3S2/c1-5-7-9-10-13-31-18-22-34(23-19-31)48-38-16-11-14-36-40(38)42(45)37-15-12-17-39(41(37)43(36)46)49-35-24-20-32(21-25-35)33-27-29(3)44(30(4)28-33)47-26-8-6-2/h11-12,14-25,27-28H,5-10,13,26H2,1-4H3. The normalized spacial score (nSPS) is 12.2. The van der Waals surface area contributed by atoms with E-state index in [1.54, 1.807) is 23.9 Å². The zero-order valence-corrected chi connectivity index (χ0v) is 30.6. The summed E-state index contributed by atoms with van der Waals surface area (Å²) >= 11 is 3.08. The molecule has 0 N–H and O–H groups in total. The van der Waals surface area contributed by atoms with Gasteiger partial charge in [-0.2, -0.15) is 0 Å². The van der Waals surface area contributed by atoms with Gasteiger partial charge >= 0.3 is 0 Å². The van der Waals surface area contributed by atoms with Crippen LogP contribution in [-0.2, 0) is 6.42 Å². The van der Waals surface area contributed by atoms with Crippen molar-refractivity contribution >= 4 is 35.1 Å². The molecule has 49 heavy (non-hydrogen) atoms. The summed E-state index contributed by atoms with van der Waals surface area (Å²) in [6, 6.07) is 32.7. The van der Waals surface area contributed by atoms with Crippen LogP contribution in [-0.4, -0.2) is 18.2 Å². The summed E-state index contributed by atoms with van der Waals surface area (Å²) in [5.74, 6) is 0.791. The Hall–Kier alpha value is -4.06. The fourth-order valence-electron chi connectivity index (χ4n) is 6.46. The van der Waals surface area contributed by atoms with Gasteiger partial charge in [-0.05, 0) is 109 Å². The van der Waals surface area contributed by atoms with Crippen molar-refractivity contribution in [3.8, 4) is 16.9 Å². The largest absolute Gasteiger partial charge is 0.493 e. The molecule has 5 heteroatoms. The van der Waals surface area contributed by atoms with Crippen molar-refractivity contribution in [3.05, 3.63) is 136 Å². The van der Waals surface area contributed by atoms with Gasteiger partial charge in [-0.3, -0.25) is 9.59 Å². The Morgan fingerprint density at radius 2 is 1.10 bits per heavy atom. The fourth-order valence-corrected chi connectivity index (χ4v) is 8.42. The van der Waals surface area contributed by atoms with Crippen LogP contribution in [0.4, 0.5) is 0 Å². The molecule has 0 radical (unpaired) electrons. The number of carbonyl (C=O) groups is 2. The van der Waals surface area contributed by atoms with Gasteiger partial charge in [0.1, 0.15) is 5.75 Å². The molecule has 0 amide bonds. The molecule has 0 spiro atoms. The van der Waals surface area contributed by atoms with Gasteiger partial charge in [0.2, 0.25) is 0 Å². The van der Waals surface area contributed by atoms with Gasteiger partial charge in [-0.1, -0.05) is 112 Å². The Morgan fingerprint density at radius 3 is 1.63 bits per heavy atom. The summed E-state index contributed by atoms with van der Waals surface area (Å²) in [6.45, 7) is 9.34. The molecule has 3 nitrogen and oxygen atoms in total. The lowest BCUT2D eigenvalue weighted by molar-refractivity contribution is 0.0974. The van der Waals surface area contributed by atoms with Gasteiger partial charge in [-0.25, -0.2) is 0 Å². The number of benzene rings is 5. The SMILES string of the molecule is CCCCCCc1ccc(Sc2cccc3c2C(=O)c2cccc(Sc4ccc(-c5cc(C)c(OCCCC)c(C)c5)cc4)c2C3=O)cc1. The predicted octanol–water partition coefficient (Wildman–Crippen LogP) is 12.3. The van der Waals surface area contributed by atoms with Gasteiger partial charge in [-0.15, -0.1) is 0 Å². The number of ether oxygens (including phenoxy) is 1. The number of hydrogen-bond donors (Lipinski definition) is 0. The molecule has 0 bridgehead atoms. The van der Waals surface area contributed by atoms with Gasteiger partial charge in [0.25, 0.3) is 0 Å². The molecular formula is C44H44O3S2. The van der Waals surface area contributed by atoms with Gasteiger partial charge in [0.15, 0.2) is 11.6 Å². The first-order valence-electron chi connectivity index (χ1n) is 17.5. The van der Waals surface area contributed by atoms with Crippen molar-refractivity contribution in [2.45, 2.75) is 92.2 Å². The molecule has 0 aliphatic heterocycles. The summed E-state index contributed by atoms with van der Waals surface area (Å²) in [6.07, 6.45) is 8.23. The van der Waals surface area contributed by atoms with Crippen LogP contribution in [0.2, 0.25) is 0 Å². The maximum absolute atomic E-state index is 14.1. The monoisotopic (exact) mass is 684 g/mol. The minimum absolute atomic E-state index is 0.0918. The third kappa shape index (κ3) is 7.90. The van der Waals surface area contributed by atoms with E-state index in [9.17, 15) is 9.59 Å². The Kier molecular flexibility index (Phi) is 11.4. The van der Waals surface area contributed by atoms with Crippen LogP contribution in [0.3, 0.4) is 0 Å². The summed E-state index contributed by atoms with van der Waals surface area (Å²) in [4.78, 5) is 31.8. The Balaban J connectivity index is 1.20. The molecule has 5 aromatic carbocycles. The maximum atomic E-state index is 14.1. The second-order valence-electron chi connectivity index (χ2n) is 12.8. The first-order chi connectivity index (χ1) is 23.9. The van der Waals surface area contributed by atoms with Crippen LogP contribution in [0.1, 0.15) is 101 Å². The number of unbranched alkanes of at least 4 members (excludes halogenated alkanes) is 4. The van der Waals surface area contributed by atoms with Crippen LogP contribution >= 0.6 is 23.5 Å². The fraction of sp³-hybridized carbons (Fsp3) is 0.273. The highest BCUT2D eigenvalue weighted by molar-refractivity contribution is 7.99. The van der Waals surface area contributed by atoms with Crippen LogP contribution < -0.4 is 4.74 Å². The van der Waals surface area contributed by atoms with E-state index in [1.165, 1.54) is 43.0 Å². The Morgan fingerprint density at radius 1 is 0.571 bits per heavy atom. The molecule has 1 aliphatic rings. The highest BCUT2D eigenvalue weighted by Gasteiger charge is 2.33. The lowest BCUT2D eigenvalue weighted by Crippen LogP contribution is -2.22. The summed E-state index contributed by atoms with van der Waals surface area (Å²) in [7, 11) is 0. The molecule has 0 heterocycles.